The zero-order chi connectivity index (χ0) is 10.1. The topological polar surface area (TPSA) is 18.5 Å². The second kappa shape index (κ2) is 8.52. The Morgan fingerprint density at radius 1 is 1.00 bits per heavy atom. The molecule has 0 bridgehead atoms. The van der Waals surface area contributed by atoms with E-state index in [-0.39, 0.29) is 0 Å². The fourth-order valence-electron chi connectivity index (χ4n) is 1.29. The second-order valence-corrected chi connectivity index (χ2v) is 3.72. The fraction of sp³-hybridized carbons (Fsp3) is 1.00. The molecule has 0 aliphatic carbocycles. The molecule has 0 amide bonds. The summed E-state index contributed by atoms with van der Waals surface area (Å²) in [4.78, 5) is 0. The Morgan fingerprint density at radius 3 is 2.00 bits per heavy atom. The molecule has 0 aromatic heterocycles. The largest absolute Gasteiger partial charge is 0.385 e. The van der Waals surface area contributed by atoms with Gasteiger partial charge in [0.15, 0.2) is 0 Å². The minimum Gasteiger partial charge on any atom is -0.385 e. The first-order valence-electron chi connectivity index (χ1n) is 5.29. The lowest BCUT2D eigenvalue weighted by molar-refractivity contribution is 0.116. The van der Waals surface area contributed by atoms with E-state index in [0.29, 0.717) is 0 Å². The van der Waals surface area contributed by atoms with Gasteiger partial charge in [0.1, 0.15) is 0 Å². The molecule has 13 heavy (non-hydrogen) atoms. The van der Waals surface area contributed by atoms with E-state index in [0.717, 1.165) is 38.1 Å². The van der Waals surface area contributed by atoms with Gasteiger partial charge in [-0.1, -0.05) is 13.8 Å². The summed E-state index contributed by atoms with van der Waals surface area (Å²) in [6, 6.07) is 0. The van der Waals surface area contributed by atoms with Crippen molar-refractivity contribution in [3.63, 3.8) is 0 Å². The van der Waals surface area contributed by atoms with Crippen molar-refractivity contribution in [1.29, 1.82) is 0 Å². The highest BCUT2D eigenvalue weighted by atomic mass is 16.5. The molecule has 0 N–H and O–H groups in total. The molecule has 2 unspecified atom stereocenters. The molecule has 2 nitrogen and oxygen atoms in total. The van der Waals surface area contributed by atoms with Gasteiger partial charge in [0.2, 0.25) is 0 Å². The normalized spacial score (nSPS) is 15.7. The van der Waals surface area contributed by atoms with Gasteiger partial charge in [-0.2, -0.15) is 0 Å². The van der Waals surface area contributed by atoms with Crippen LogP contribution < -0.4 is 0 Å². The quantitative estimate of drug-likeness (QED) is 0.545. The summed E-state index contributed by atoms with van der Waals surface area (Å²) in [5.74, 6) is 1.47. The van der Waals surface area contributed by atoms with Gasteiger partial charge >= 0.3 is 0 Å². The maximum atomic E-state index is 5.33. The van der Waals surface area contributed by atoms with E-state index in [1.807, 2.05) is 6.92 Å². The number of hydrogen-bond donors (Lipinski definition) is 0. The van der Waals surface area contributed by atoms with E-state index in [2.05, 4.69) is 13.8 Å². The summed E-state index contributed by atoms with van der Waals surface area (Å²) in [7, 11) is 1.76. The first kappa shape index (κ1) is 12.9. The third kappa shape index (κ3) is 7.03. The molecule has 0 aliphatic heterocycles. The Labute approximate surface area is 82.6 Å². The lowest BCUT2D eigenvalue weighted by atomic mass is 9.91. The van der Waals surface area contributed by atoms with Crippen molar-refractivity contribution in [2.45, 2.75) is 33.6 Å². The molecule has 80 valence electrons. The van der Waals surface area contributed by atoms with Crippen LogP contribution in [0.5, 0.6) is 0 Å². The standard InChI is InChI=1S/C11H24O2/c1-5-13-9-7-11(3)10(2)6-8-12-4/h10-11H,5-9H2,1-4H3. The predicted molar refractivity (Wildman–Crippen MR) is 55.9 cm³/mol. The maximum absolute atomic E-state index is 5.33. The molecule has 0 aliphatic rings. The highest BCUT2D eigenvalue weighted by Crippen LogP contribution is 2.18. The van der Waals surface area contributed by atoms with Crippen LogP contribution in [0.4, 0.5) is 0 Å². The minimum absolute atomic E-state index is 0.736. The first-order valence-corrected chi connectivity index (χ1v) is 5.29. The van der Waals surface area contributed by atoms with Gasteiger partial charge < -0.3 is 9.47 Å². The van der Waals surface area contributed by atoms with Gasteiger partial charge in [0.25, 0.3) is 0 Å². The van der Waals surface area contributed by atoms with Crippen LogP contribution in [-0.4, -0.2) is 26.9 Å². The van der Waals surface area contributed by atoms with Crippen molar-refractivity contribution in [2.75, 3.05) is 26.9 Å². The van der Waals surface area contributed by atoms with E-state index in [9.17, 15) is 0 Å². The van der Waals surface area contributed by atoms with Crippen molar-refractivity contribution in [3.05, 3.63) is 0 Å². The lowest BCUT2D eigenvalue weighted by Crippen LogP contribution is -2.12. The smallest absolute Gasteiger partial charge is 0.0468 e. The van der Waals surface area contributed by atoms with Gasteiger partial charge in [0.05, 0.1) is 0 Å². The first-order chi connectivity index (χ1) is 6.22. The fourth-order valence-corrected chi connectivity index (χ4v) is 1.29. The molecule has 0 saturated heterocycles. The Kier molecular flexibility index (Phi) is 8.46. The Balaban J connectivity index is 3.38. The summed E-state index contributed by atoms with van der Waals surface area (Å²) in [5, 5.41) is 0. The lowest BCUT2D eigenvalue weighted by Gasteiger charge is -2.19. The number of ether oxygens (including phenoxy) is 2. The van der Waals surface area contributed by atoms with E-state index in [1.165, 1.54) is 6.42 Å². The third-order valence-corrected chi connectivity index (χ3v) is 2.67. The maximum Gasteiger partial charge on any atom is 0.0468 e. The van der Waals surface area contributed by atoms with Gasteiger partial charge in [0, 0.05) is 26.9 Å². The van der Waals surface area contributed by atoms with Crippen LogP contribution in [0, 0.1) is 11.8 Å². The number of methoxy groups -OCH3 is 1. The van der Waals surface area contributed by atoms with Crippen LogP contribution in [-0.2, 0) is 9.47 Å². The molecule has 0 aromatic carbocycles. The second-order valence-electron chi connectivity index (χ2n) is 3.72. The van der Waals surface area contributed by atoms with Crippen LogP contribution in [0.3, 0.4) is 0 Å². The number of hydrogen-bond acceptors (Lipinski definition) is 2. The Hall–Kier alpha value is -0.0800. The van der Waals surface area contributed by atoms with E-state index < -0.39 is 0 Å². The van der Waals surface area contributed by atoms with Crippen LogP contribution in [0.15, 0.2) is 0 Å². The molecule has 2 heteroatoms. The Morgan fingerprint density at radius 2 is 1.54 bits per heavy atom. The molecule has 2 atom stereocenters. The van der Waals surface area contributed by atoms with Crippen molar-refractivity contribution in [2.24, 2.45) is 11.8 Å². The van der Waals surface area contributed by atoms with E-state index >= 15 is 0 Å². The molecule has 0 heterocycles. The van der Waals surface area contributed by atoms with Gasteiger partial charge in [-0.15, -0.1) is 0 Å². The zero-order valence-corrected chi connectivity index (χ0v) is 9.51. The van der Waals surface area contributed by atoms with Gasteiger partial charge in [-0.3, -0.25) is 0 Å². The summed E-state index contributed by atoms with van der Waals surface area (Å²) < 4.78 is 10.4. The Bertz CT molecular complexity index is 104. The molecule has 0 aromatic rings. The number of rotatable bonds is 8. The highest BCUT2D eigenvalue weighted by Gasteiger charge is 2.11. The average Bonchev–Trinajstić information content (AvgIpc) is 2.14. The molecule has 0 rings (SSSR count). The predicted octanol–water partition coefficient (Wildman–Crippen LogP) is 2.72. The molecular weight excluding hydrogens is 164 g/mol. The van der Waals surface area contributed by atoms with E-state index in [4.69, 9.17) is 9.47 Å². The van der Waals surface area contributed by atoms with Crippen LogP contribution in [0.25, 0.3) is 0 Å². The highest BCUT2D eigenvalue weighted by molar-refractivity contribution is 4.61. The van der Waals surface area contributed by atoms with Crippen LogP contribution >= 0.6 is 0 Å². The summed E-state index contributed by atoms with van der Waals surface area (Å²) in [5.41, 5.74) is 0. The summed E-state index contributed by atoms with van der Waals surface area (Å²) >= 11 is 0. The van der Waals surface area contributed by atoms with Crippen molar-refractivity contribution in [1.82, 2.24) is 0 Å². The summed E-state index contributed by atoms with van der Waals surface area (Å²) in [6.45, 7) is 9.22. The molecular formula is C11H24O2. The van der Waals surface area contributed by atoms with Crippen molar-refractivity contribution < 1.29 is 9.47 Å². The SMILES string of the molecule is CCOCCC(C)C(C)CCOC. The third-order valence-electron chi connectivity index (χ3n) is 2.67. The van der Waals surface area contributed by atoms with E-state index in [1.54, 1.807) is 7.11 Å². The van der Waals surface area contributed by atoms with Gasteiger partial charge in [-0.05, 0) is 31.6 Å². The van der Waals surface area contributed by atoms with Crippen LogP contribution in [0.1, 0.15) is 33.6 Å². The van der Waals surface area contributed by atoms with Crippen molar-refractivity contribution >= 4 is 0 Å². The van der Waals surface area contributed by atoms with Gasteiger partial charge in [-0.25, -0.2) is 0 Å². The molecule has 0 fully saturated rings. The van der Waals surface area contributed by atoms with Crippen molar-refractivity contribution in [3.8, 4) is 0 Å². The zero-order valence-electron chi connectivity index (χ0n) is 9.51. The average molecular weight is 188 g/mol. The molecule has 0 radical (unpaired) electrons. The monoisotopic (exact) mass is 188 g/mol. The van der Waals surface area contributed by atoms with Crippen LogP contribution in [0.2, 0.25) is 0 Å². The summed E-state index contributed by atoms with van der Waals surface area (Å²) in [6.07, 6.45) is 2.32. The molecule has 0 saturated carbocycles. The minimum atomic E-state index is 0.736. The molecule has 0 spiro atoms.